The zero-order valence-corrected chi connectivity index (χ0v) is 10.5. The first kappa shape index (κ1) is 12.6. The maximum atomic E-state index is 5.73. The van der Waals surface area contributed by atoms with E-state index in [0.717, 1.165) is 17.1 Å². The summed E-state index contributed by atoms with van der Waals surface area (Å²) in [7, 11) is 0. The molecular weight excluding hydrogens is 196 g/mol. The van der Waals surface area contributed by atoms with Crippen molar-refractivity contribution in [1.29, 1.82) is 0 Å². The van der Waals surface area contributed by atoms with E-state index in [2.05, 4.69) is 26.0 Å². The number of furan rings is 1. The van der Waals surface area contributed by atoms with Crippen LogP contribution in [0.25, 0.3) is 11.3 Å². The molecule has 0 fully saturated rings. The largest absolute Gasteiger partial charge is 0.461 e. The van der Waals surface area contributed by atoms with Crippen LogP contribution in [0.2, 0.25) is 0 Å². The summed E-state index contributed by atoms with van der Waals surface area (Å²) in [4.78, 5) is 0. The fraction of sp³-hybridized carbons (Fsp3) is 0.333. The Labute approximate surface area is 98.1 Å². The van der Waals surface area contributed by atoms with Crippen LogP contribution in [0.3, 0.4) is 0 Å². The fourth-order valence-corrected chi connectivity index (χ4v) is 1.42. The van der Waals surface area contributed by atoms with E-state index in [-0.39, 0.29) is 0 Å². The Bertz CT molecular complexity index is 398. The Balaban J connectivity index is 0.000000606. The van der Waals surface area contributed by atoms with Crippen molar-refractivity contribution in [3.05, 3.63) is 48.2 Å². The summed E-state index contributed by atoms with van der Waals surface area (Å²) in [5, 5.41) is 0. The second-order valence-corrected chi connectivity index (χ2v) is 3.72. The lowest BCUT2D eigenvalue weighted by atomic mass is 10.1. The molecule has 16 heavy (non-hydrogen) atoms. The van der Waals surface area contributed by atoms with Crippen LogP contribution in [0.1, 0.15) is 39.4 Å². The third-order valence-electron chi connectivity index (χ3n) is 2.25. The van der Waals surface area contributed by atoms with Crippen LogP contribution in [0.15, 0.2) is 46.9 Å². The Morgan fingerprint density at radius 2 is 1.50 bits per heavy atom. The first-order valence-electron chi connectivity index (χ1n) is 5.92. The average molecular weight is 216 g/mol. The van der Waals surface area contributed by atoms with Gasteiger partial charge in [0.1, 0.15) is 11.5 Å². The zero-order valence-electron chi connectivity index (χ0n) is 10.5. The van der Waals surface area contributed by atoms with Crippen molar-refractivity contribution < 1.29 is 4.42 Å². The maximum absolute atomic E-state index is 5.73. The molecule has 0 aliphatic carbocycles. The van der Waals surface area contributed by atoms with Gasteiger partial charge in [-0.3, -0.25) is 0 Å². The van der Waals surface area contributed by atoms with E-state index in [1.54, 1.807) is 0 Å². The SMILES string of the molecule is CC.CC(C)c1ccc(-c2ccccc2)o1. The summed E-state index contributed by atoms with van der Waals surface area (Å²) in [5.41, 5.74) is 1.14. The molecule has 2 rings (SSSR count). The molecule has 0 amide bonds. The number of hydrogen-bond donors (Lipinski definition) is 0. The van der Waals surface area contributed by atoms with Crippen LogP contribution >= 0.6 is 0 Å². The van der Waals surface area contributed by atoms with Crippen LogP contribution in [0.4, 0.5) is 0 Å². The third-order valence-corrected chi connectivity index (χ3v) is 2.25. The minimum Gasteiger partial charge on any atom is -0.461 e. The third kappa shape index (κ3) is 2.99. The molecule has 1 aromatic heterocycles. The highest BCUT2D eigenvalue weighted by Crippen LogP contribution is 2.25. The molecule has 0 N–H and O–H groups in total. The van der Waals surface area contributed by atoms with Crippen molar-refractivity contribution in [1.82, 2.24) is 0 Å². The molecule has 0 bridgehead atoms. The Morgan fingerprint density at radius 1 is 0.875 bits per heavy atom. The average Bonchev–Trinajstić information content (AvgIpc) is 2.82. The van der Waals surface area contributed by atoms with Gasteiger partial charge in [-0.1, -0.05) is 58.0 Å². The molecule has 1 nitrogen and oxygen atoms in total. The molecule has 0 radical (unpaired) electrons. The molecular formula is C15H20O. The van der Waals surface area contributed by atoms with Crippen molar-refractivity contribution in [3.63, 3.8) is 0 Å². The molecule has 0 atom stereocenters. The lowest BCUT2D eigenvalue weighted by Crippen LogP contribution is -1.80. The number of benzene rings is 1. The molecule has 86 valence electrons. The van der Waals surface area contributed by atoms with Gasteiger partial charge in [-0.15, -0.1) is 0 Å². The molecule has 0 spiro atoms. The highest BCUT2D eigenvalue weighted by Gasteiger charge is 2.06. The van der Waals surface area contributed by atoms with Gasteiger partial charge in [-0.05, 0) is 12.1 Å². The summed E-state index contributed by atoms with van der Waals surface area (Å²) >= 11 is 0. The van der Waals surface area contributed by atoms with E-state index in [4.69, 9.17) is 4.42 Å². The van der Waals surface area contributed by atoms with Crippen molar-refractivity contribution in [3.8, 4) is 11.3 Å². The lowest BCUT2D eigenvalue weighted by molar-refractivity contribution is 0.498. The minimum atomic E-state index is 0.451. The molecule has 1 heterocycles. The van der Waals surface area contributed by atoms with Gasteiger partial charge >= 0.3 is 0 Å². The van der Waals surface area contributed by atoms with Crippen molar-refractivity contribution in [2.75, 3.05) is 0 Å². The first-order valence-corrected chi connectivity index (χ1v) is 5.92. The number of hydrogen-bond acceptors (Lipinski definition) is 1. The van der Waals surface area contributed by atoms with Gasteiger partial charge in [0.15, 0.2) is 0 Å². The van der Waals surface area contributed by atoms with E-state index >= 15 is 0 Å². The molecule has 0 saturated carbocycles. The lowest BCUT2D eigenvalue weighted by Gasteiger charge is -1.99. The van der Waals surface area contributed by atoms with Gasteiger partial charge in [0.05, 0.1) is 0 Å². The van der Waals surface area contributed by atoms with Crippen LogP contribution in [0.5, 0.6) is 0 Å². The Kier molecular flexibility index (Phi) is 4.84. The summed E-state index contributed by atoms with van der Waals surface area (Å²) in [6, 6.07) is 14.2. The summed E-state index contributed by atoms with van der Waals surface area (Å²) in [5.74, 6) is 2.45. The Hall–Kier alpha value is -1.50. The summed E-state index contributed by atoms with van der Waals surface area (Å²) in [6.07, 6.45) is 0. The van der Waals surface area contributed by atoms with Crippen LogP contribution in [0, 0.1) is 0 Å². The molecule has 1 aromatic carbocycles. The second kappa shape index (κ2) is 6.16. The van der Waals surface area contributed by atoms with Gasteiger partial charge < -0.3 is 4.42 Å². The molecule has 1 heteroatoms. The van der Waals surface area contributed by atoms with Gasteiger partial charge in [-0.2, -0.15) is 0 Å². The normalized spacial score (nSPS) is 9.81. The standard InChI is InChI=1S/C13H14O.C2H6/c1-10(2)12-8-9-13(14-12)11-6-4-3-5-7-11;1-2/h3-10H,1-2H3;1-2H3. The molecule has 0 unspecified atom stereocenters. The van der Waals surface area contributed by atoms with Gasteiger partial charge in [0, 0.05) is 11.5 Å². The van der Waals surface area contributed by atoms with Crippen LogP contribution in [-0.2, 0) is 0 Å². The Morgan fingerprint density at radius 3 is 2.00 bits per heavy atom. The van der Waals surface area contributed by atoms with Crippen LogP contribution in [-0.4, -0.2) is 0 Å². The van der Waals surface area contributed by atoms with Gasteiger partial charge in [0.2, 0.25) is 0 Å². The van der Waals surface area contributed by atoms with Crippen LogP contribution < -0.4 is 0 Å². The smallest absolute Gasteiger partial charge is 0.134 e. The fourth-order valence-electron chi connectivity index (χ4n) is 1.42. The maximum Gasteiger partial charge on any atom is 0.134 e. The van der Waals surface area contributed by atoms with Gasteiger partial charge in [-0.25, -0.2) is 0 Å². The first-order chi connectivity index (χ1) is 7.77. The zero-order chi connectivity index (χ0) is 12.0. The van der Waals surface area contributed by atoms with E-state index in [1.165, 1.54) is 0 Å². The highest BCUT2D eigenvalue weighted by atomic mass is 16.3. The minimum absolute atomic E-state index is 0.451. The molecule has 0 aliphatic rings. The topological polar surface area (TPSA) is 13.1 Å². The monoisotopic (exact) mass is 216 g/mol. The van der Waals surface area contributed by atoms with Crippen molar-refractivity contribution >= 4 is 0 Å². The highest BCUT2D eigenvalue weighted by molar-refractivity contribution is 5.57. The second-order valence-electron chi connectivity index (χ2n) is 3.72. The van der Waals surface area contributed by atoms with E-state index in [9.17, 15) is 0 Å². The predicted molar refractivity (Wildman–Crippen MR) is 69.6 cm³/mol. The van der Waals surface area contributed by atoms with Crippen molar-refractivity contribution in [2.24, 2.45) is 0 Å². The van der Waals surface area contributed by atoms with E-state index in [0.29, 0.717) is 5.92 Å². The molecule has 2 aromatic rings. The quantitative estimate of drug-likeness (QED) is 0.681. The van der Waals surface area contributed by atoms with E-state index in [1.807, 2.05) is 44.2 Å². The molecule has 0 saturated heterocycles. The predicted octanol–water partition coefficient (Wildman–Crippen LogP) is 5.10. The summed E-state index contributed by atoms with van der Waals surface area (Å²) < 4.78 is 5.73. The van der Waals surface area contributed by atoms with Gasteiger partial charge in [0.25, 0.3) is 0 Å². The summed E-state index contributed by atoms with van der Waals surface area (Å²) in [6.45, 7) is 8.27. The molecule has 0 aliphatic heterocycles. The van der Waals surface area contributed by atoms with E-state index < -0.39 is 0 Å². The van der Waals surface area contributed by atoms with Crippen molar-refractivity contribution in [2.45, 2.75) is 33.6 Å². The number of rotatable bonds is 2.